The first-order valence-corrected chi connectivity index (χ1v) is 6.32. The maximum atomic E-state index is 11.9. The SMILES string of the molecule is O=C(NC1(CBr)CC1)c1ccccc1[N+](=O)[O-]. The van der Waals surface area contributed by atoms with Gasteiger partial charge in [-0.3, -0.25) is 14.9 Å². The number of nitro benzene ring substituents is 1. The van der Waals surface area contributed by atoms with Crippen LogP contribution in [0.15, 0.2) is 24.3 Å². The summed E-state index contributed by atoms with van der Waals surface area (Å²) in [6, 6.07) is 5.97. The second-order valence-corrected chi connectivity index (χ2v) is 4.70. The summed E-state index contributed by atoms with van der Waals surface area (Å²) in [4.78, 5) is 22.2. The number of nitrogens with zero attached hydrogens (tertiary/aromatic N) is 1. The van der Waals surface area contributed by atoms with Gasteiger partial charge in [0.1, 0.15) is 5.56 Å². The minimum absolute atomic E-state index is 0.115. The zero-order valence-electron chi connectivity index (χ0n) is 8.98. The van der Waals surface area contributed by atoms with Gasteiger partial charge in [-0.2, -0.15) is 0 Å². The summed E-state index contributed by atoms with van der Waals surface area (Å²) in [6.07, 6.45) is 1.81. The molecule has 0 bridgehead atoms. The third-order valence-corrected chi connectivity index (χ3v) is 3.91. The van der Waals surface area contributed by atoms with Crippen molar-refractivity contribution in [3.05, 3.63) is 39.9 Å². The van der Waals surface area contributed by atoms with E-state index in [0.717, 1.165) is 12.8 Å². The molecule has 5 nitrogen and oxygen atoms in total. The molecule has 0 saturated heterocycles. The molecule has 1 saturated carbocycles. The van der Waals surface area contributed by atoms with Crippen molar-refractivity contribution in [2.45, 2.75) is 18.4 Å². The average Bonchev–Trinajstić information content (AvgIpc) is 3.09. The number of carbonyl (C=O) groups is 1. The highest BCUT2D eigenvalue weighted by Gasteiger charge is 2.43. The van der Waals surface area contributed by atoms with E-state index in [1.165, 1.54) is 12.1 Å². The second kappa shape index (κ2) is 4.44. The summed E-state index contributed by atoms with van der Waals surface area (Å²) in [7, 11) is 0. The number of benzene rings is 1. The molecule has 1 fully saturated rings. The first-order valence-electron chi connectivity index (χ1n) is 5.20. The number of carbonyl (C=O) groups excluding carboxylic acids is 1. The predicted octanol–water partition coefficient (Wildman–Crippen LogP) is 2.25. The van der Waals surface area contributed by atoms with Crippen LogP contribution in [-0.2, 0) is 0 Å². The molecule has 1 aromatic rings. The summed E-state index contributed by atoms with van der Waals surface area (Å²) in [6.45, 7) is 0. The molecule has 1 aliphatic carbocycles. The predicted molar refractivity (Wildman–Crippen MR) is 66.3 cm³/mol. The molecule has 1 aromatic carbocycles. The van der Waals surface area contributed by atoms with E-state index in [0.29, 0.717) is 5.33 Å². The van der Waals surface area contributed by atoms with Crippen molar-refractivity contribution in [1.82, 2.24) is 5.32 Å². The quantitative estimate of drug-likeness (QED) is 0.526. The first kappa shape index (κ1) is 12.0. The number of hydrogen-bond donors (Lipinski definition) is 1. The van der Waals surface area contributed by atoms with Crippen LogP contribution in [0.25, 0.3) is 0 Å². The molecule has 6 heteroatoms. The lowest BCUT2D eigenvalue weighted by molar-refractivity contribution is -0.385. The van der Waals surface area contributed by atoms with Gasteiger partial charge < -0.3 is 5.32 Å². The zero-order valence-corrected chi connectivity index (χ0v) is 10.6. The standard InChI is InChI=1S/C11H11BrN2O3/c12-7-11(5-6-11)13-10(15)8-3-1-2-4-9(8)14(16)17/h1-4H,5-7H2,(H,13,15). The maximum Gasteiger partial charge on any atom is 0.282 e. The average molecular weight is 299 g/mol. The van der Waals surface area contributed by atoms with E-state index in [1.54, 1.807) is 12.1 Å². The van der Waals surface area contributed by atoms with Gasteiger partial charge in [-0.1, -0.05) is 28.1 Å². The molecule has 0 heterocycles. The molecule has 2 rings (SSSR count). The summed E-state index contributed by atoms with van der Waals surface area (Å²) in [5.74, 6) is -0.380. The van der Waals surface area contributed by atoms with Crippen LogP contribution in [0.2, 0.25) is 0 Å². The van der Waals surface area contributed by atoms with Crippen molar-refractivity contribution >= 4 is 27.5 Å². The van der Waals surface area contributed by atoms with Gasteiger partial charge in [0.15, 0.2) is 0 Å². The zero-order chi connectivity index (χ0) is 12.5. The van der Waals surface area contributed by atoms with E-state index in [9.17, 15) is 14.9 Å². The Hall–Kier alpha value is -1.43. The number of halogens is 1. The number of amides is 1. The maximum absolute atomic E-state index is 11.9. The lowest BCUT2D eigenvalue weighted by Crippen LogP contribution is -2.38. The molecule has 1 aliphatic rings. The Balaban J connectivity index is 2.22. The Labute approximate surface area is 106 Å². The fourth-order valence-corrected chi connectivity index (χ4v) is 2.28. The molecule has 1 amide bonds. The Morgan fingerprint density at radius 1 is 1.47 bits per heavy atom. The Morgan fingerprint density at radius 2 is 2.12 bits per heavy atom. The molecule has 0 aliphatic heterocycles. The van der Waals surface area contributed by atoms with Crippen LogP contribution in [0.1, 0.15) is 23.2 Å². The van der Waals surface area contributed by atoms with Crippen LogP contribution in [0.4, 0.5) is 5.69 Å². The van der Waals surface area contributed by atoms with Gasteiger partial charge in [0, 0.05) is 11.4 Å². The van der Waals surface area contributed by atoms with Crippen LogP contribution >= 0.6 is 15.9 Å². The molecule has 1 N–H and O–H groups in total. The van der Waals surface area contributed by atoms with Crippen LogP contribution in [0.5, 0.6) is 0 Å². The fourth-order valence-electron chi connectivity index (χ4n) is 1.58. The van der Waals surface area contributed by atoms with Gasteiger partial charge in [0.05, 0.1) is 10.5 Å². The van der Waals surface area contributed by atoms with Crippen LogP contribution in [-0.4, -0.2) is 21.7 Å². The van der Waals surface area contributed by atoms with Crippen LogP contribution in [0, 0.1) is 10.1 Å². The van der Waals surface area contributed by atoms with Crippen molar-refractivity contribution < 1.29 is 9.72 Å². The molecule has 90 valence electrons. The van der Waals surface area contributed by atoms with Gasteiger partial charge in [-0.05, 0) is 18.9 Å². The monoisotopic (exact) mass is 298 g/mol. The molecule has 17 heavy (non-hydrogen) atoms. The van der Waals surface area contributed by atoms with Crippen LogP contribution in [0.3, 0.4) is 0 Å². The largest absolute Gasteiger partial charge is 0.346 e. The van der Waals surface area contributed by atoms with Crippen molar-refractivity contribution in [2.75, 3.05) is 5.33 Å². The van der Waals surface area contributed by atoms with Crippen LogP contribution < -0.4 is 5.32 Å². The van der Waals surface area contributed by atoms with Crippen molar-refractivity contribution in [2.24, 2.45) is 0 Å². The fraction of sp³-hybridized carbons (Fsp3) is 0.364. The normalized spacial score (nSPS) is 16.3. The number of alkyl halides is 1. The van der Waals surface area contributed by atoms with E-state index in [4.69, 9.17) is 0 Å². The number of rotatable bonds is 4. The van der Waals surface area contributed by atoms with E-state index in [1.807, 2.05) is 0 Å². The Morgan fingerprint density at radius 3 is 2.65 bits per heavy atom. The van der Waals surface area contributed by atoms with E-state index in [-0.39, 0.29) is 22.7 Å². The van der Waals surface area contributed by atoms with Gasteiger partial charge in [0.25, 0.3) is 11.6 Å². The van der Waals surface area contributed by atoms with Gasteiger partial charge in [0.2, 0.25) is 0 Å². The smallest absolute Gasteiger partial charge is 0.282 e. The lowest BCUT2D eigenvalue weighted by Gasteiger charge is -2.13. The van der Waals surface area contributed by atoms with Gasteiger partial charge in [-0.15, -0.1) is 0 Å². The highest BCUT2D eigenvalue weighted by molar-refractivity contribution is 9.09. The third-order valence-electron chi connectivity index (χ3n) is 2.83. The minimum atomic E-state index is -0.539. The molecule has 0 aromatic heterocycles. The Kier molecular flexibility index (Phi) is 3.15. The summed E-state index contributed by atoms with van der Waals surface area (Å²) in [5.41, 5.74) is -0.249. The van der Waals surface area contributed by atoms with Gasteiger partial charge >= 0.3 is 0 Å². The summed E-state index contributed by atoms with van der Waals surface area (Å²) in [5, 5.41) is 14.3. The molecule has 0 radical (unpaired) electrons. The summed E-state index contributed by atoms with van der Waals surface area (Å²) < 4.78 is 0. The minimum Gasteiger partial charge on any atom is -0.346 e. The highest BCUT2D eigenvalue weighted by Crippen LogP contribution is 2.37. The number of hydrogen-bond acceptors (Lipinski definition) is 3. The number of nitro groups is 1. The topological polar surface area (TPSA) is 72.2 Å². The molecular weight excluding hydrogens is 288 g/mol. The molecule has 0 spiro atoms. The Bertz CT molecular complexity index is 472. The van der Waals surface area contributed by atoms with Crippen molar-refractivity contribution in [3.8, 4) is 0 Å². The van der Waals surface area contributed by atoms with Crippen molar-refractivity contribution in [3.63, 3.8) is 0 Å². The van der Waals surface area contributed by atoms with E-state index >= 15 is 0 Å². The molecular formula is C11H11BrN2O3. The third kappa shape index (κ3) is 2.46. The van der Waals surface area contributed by atoms with Gasteiger partial charge in [-0.25, -0.2) is 0 Å². The van der Waals surface area contributed by atoms with Crippen molar-refractivity contribution in [1.29, 1.82) is 0 Å². The van der Waals surface area contributed by atoms with E-state index < -0.39 is 4.92 Å². The molecule has 0 atom stereocenters. The number of nitrogens with one attached hydrogen (secondary N) is 1. The van der Waals surface area contributed by atoms with E-state index in [2.05, 4.69) is 21.2 Å². The molecule has 0 unspecified atom stereocenters. The first-order chi connectivity index (χ1) is 8.08. The number of para-hydroxylation sites is 1. The highest BCUT2D eigenvalue weighted by atomic mass is 79.9. The lowest BCUT2D eigenvalue weighted by atomic mass is 10.1. The summed E-state index contributed by atoms with van der Waals surface area (Å²) >= 11 is 3.33. The second-order valence-electron chi connectivity index (χ2n) is 4.14.